The number of hydrogen-bond donors (Lipinski definition) is 1. The van der Waals surface area contributed by atoms with Crippen LogP contribution in [-0.4, -0.2) is 9.38 Å². The van der Waals surface area contributed by atoms with Crippen LogP contribution in [0, 0.1) is 12.7 Å². The minimum Gasteiger partial charge on any atom is -0.344 e. The maximum atomic E-state index is 12.7. The van der Waals surface area contributed by atoms with Gasteiger partial charge >= 0.3 is 0 Å². The number of H-pyrrole nitrogens is 1. The molecule has 2 nitrogen and oxygen atoms in total. The van der Waals surface area contributed by atoms with Gasteiger partial charge in [0.15, 0.2) is 11.5 Å². The third-order valence-corrected chi connectivity index (χ3v) is 1.63. The Morgan fingerprint density at radius 2 is 2.40 bits per heavy atom. The van der Waals surface area contributed by atoms with Crippen molar-refractivity contribution < 1.29 is 4.39 Å². The maximum Gasteiger partial charge on any atom is 0.165 e. The fourth-order valence-corrected chi connectivity index (χ4v) is 1.08. The van der Waals surface area contributed by atoms with Gasteiger partial charge in [-0.1, -0.05) is 0 Å². The summed E-state index contributed by atoms with van der Waals surface area (Å²) in [5.74, 6) is -0.201. The molecule has 0 unspecified atom stereocenters. The molecule has 0 aliphatic carbocycles. The lowest BCUT2D eigenvalue weighted by Gasteiger charge is -1.83. The zero-order valence-electron chi connectivity index (χ0n) is 5.56. The second-order valence-corrected chi connectivity index (χ2v) is 2.31. The highest BCUT2D eigenvalue weighted by Crippen LogP contribution is 2.10. The van der Waals surface area contributed by atoms with Gasteiger partial charge in [0, 0.05) is 18.1 Å². The van der Waals surface area contributed by atoms with Gasteiger partial charge in [-0.3, -0.25) is 0 Å². The van der Waals surface area contributed by atoms with Crippen molar-refractivity contribution in [3.63, 3.8) is 0 Å². The second-order valence-electron chi connectivity index (χ2n) is 2.31. The minimum atomic E-state index is -0.201. The van der Waals surface area contributed by atoms with Crippen LogP contribution in [0.4, 0.5) is 4.39 Å². The van der Waals surface area contributed by atoms with Gasteiger partial charge < -0.3 is 9.38 Å². The molecule has 0 saturated heterocycles. The molecule has 2 heterocycles. The molecule has 0 amide bonds. The van der Waals surface area contributed by atoms with Gasteiger partial charge in [0.2, 0.25) is 0 Å². The summed E-state index contributed by atoms with van der Waals surface area (Å²) >= 11 is 0. The number of halogens is 1. The summed E-state index contributed by atoms with van der Waals surface area (Å²) in [5.41, 5.74) is 1.55. The van der Waals surface area contributed by atoms with Crippen molar-refractivity contribution in [2.45, 2.75) is 6.92 Å². The van der Waals surface area contributed by atoms with Gasteiger partial charge in [0.25, 0.3) is 0 Å². The lowest BCUT2D eigenvalue weighted by atomic mass is 10.5. The highest BCUT2D eigenvalue weighted by Gasteiger charge is 2.02. The lowest BCUT2D eigenvalue weighted by Crippen LogP contribution is -1.78. The number of imidazole rings is 1. The van der Waals surface area contributed by atoms with Crippen molar-refractivity contribution >= 4 is 5.65 Å². The molecule has 2 rings (SSSR count). The standard InChI is InChI=1S/C7H7FN2/c1-5-4-9-7-6(8)2-3-10(5)7/h2-4,9H,1H3. The number of aryl methyl sites for hydroxylation is 1. The number of aromatic amines is 1. The van der Waals surface area contributed by atoms with Crippen LogP contribution in [0.2, 0.25) is 0 Å². The van der Waals surface area contributed by atoms with Crippen LogP contribution in [0.1, 0.15) is 5.69 Å². The molecule has 0 aliphatic heterocycles. The fourth-order valence-electron chi connectivity index (χ4n) is 1.08. The molecule has 52 valence electrons. The van der Waals surface area contributed by atoms with E-state index in [4.69, 9.17) is 0 Å². The summed E-state index contributed by atoms with van der Waals surface area (Å²) in [4.78, 5) is 2.82. The third-order valence-electron chi connectivity index (χ3n) is 1.63. The first-order chi connectivity index (χ1) is 4.79. The minimum absolute atomic E-state index is 0.201. The maximum absolute atomic E-state index is 12.7. The molecule has 0 atom stereocenters. The normalized spacial score (nSPS) is 11.0. The zero-order valence-corrected chi connectivity index (χ0v) is 5.56. The van der Waals surface area contributed by atoms with E-state index in [0.717, 1.165) is 5.69 Å². The van der Waals surface area contributed by atoms with Crippen LogP contribution in [0.15, 0.2) is 18.5 Å². The van der Waals surface area contributed by atoms with Gasteiger partial charge in [-0.25, -0.2) is 4.39 Å². The molecule has 0 saturated carbocycles. The van der Waals surface area contributed by atoms with Crippen molar-refractivity contribution in [3.05, 3.63) is 30.0 Å². The van der Waals surface area contributed by atoms with Crippen molar-refractivity contribution in [2.24, 2.45) is 0 Å². The van der Waals surface area contributed by atoms with Gasteiger partial charge in [0.05, 0.1) is 0 Å². The number of hydrogen-bond acceptors (Lipinski definition) is 0. The zero-order chi connectivity index (χ0) is 7.14. The first-order valence-electron chi connectivity index (χ1n) is 3.09. The topological polar surface area (TPSA) is 20.2 Å². The number of nitrogens with zero attached hydrogens (tertiary/aromatic N) is 1. The number of fused-ring (bicyclic) bond motifs is 1. The van der Waals surface area contributed by atoms with Crippen molar-refractivity contribution in [1.82, 2.24) is 9.38 Å². The van der Waals surface area contributed by atoms with Gasteiger partial charge in [0.1, 0.15) is 0 Å². The Morgan fingerprint density at radius 3 is 3.10 bits per heavy atom. The van der Waals surface area contributed by atoms with Crippen LogP contribution in [0.5, 0.6) is 0 Å². The Balaban J connectivity index is 2.95. The van der Waals surface area contributed by atoms with Gasteiger partial charge in [-0.15, -0.1) is 0 Å². The largest absolute Gasteiger partial charge is 0.344 e. The Morgan fingerprint density at radius 1 is 1.60 bits per heavy atom. The van der Waals surface area contributed by atoms with E-state index in [-0.39, 0.29) is 5.82 Å². The van der Waals surface area contributed by atoms with Crippen LogP contribution < -0.4 is 0 Å². The monoisotopic (exact) mass is 138 g/mol. The third kappa shape index (κ3) is 0.518. The molecule has 0 fully saturated rings. The highest BCUT2D eigenvalue weighted by molar-refractivity contribution is 5.42. The number of nitrogens with one attached hydrogen (secondary N) is 1. The Labute approximate surface area is 57.3 Å². The van der Waals surface area contributed by atoms with Crippen molar-refractivity contribution in [2.75, 3.05) is 0 Å². The summed E-state index contributed by atoms with van der Waals surface area (Å²) in [6.45, 7) is 1.92. The predicted molar refractivity (Wildman–Crippen MR) is 36.4 cm³/mol. The van der Waals surface area contributed by atoms with Crippen LogP contribution in [0.25, 0.3) is 5.65 Å². The number of aromatic nitrogens is 2. The van der Waals surface area contributed by atoms with Crippen molar-refractivity contribution in [1.29, 1.82) is 0 Å². The first kappa shape index (κ1) is 5.53. The van der Waals surface area contributed by atoms with Gasteiger partial charge in [-0.05, 0) is 13.0 Å². The fraction of sp³-hybridized carbons (Fsp3) is 0.143. The molecule has 0 aromatic carbocycles. The van der Waals surface area contributed by atoms with E-state index in [1.54, 1.807) is 16.8 Å². The average molecular weight is 138 g/mol. The van der Waals surface area contributed by atoms with E-state index in [9.17, 15) is 4.39 Å². The SMILES string of the molecule is Cc1c[nH]c2c(F)ccn12. The lowest BCUT2D eigenvalue weighted by molar-refractivity contribution is 0.638. The van der Waals surface area contributed by atoms with E-state index in [0.29, 0.717) is 5.65 Å². The Kier molecular flexibility index (Phi) is 0.897. The summed E-state index contributed by atoms with van der Waals surface area (Å²) in [6.07, 6.45) is 3.48. The molecular weight excluding hydrogens is 131 g/mol. The van der Waals surface area contributed by atoms with Crippen LogP contribution in [-0.2, 0) is 0 Å². The average Bonchev–Trinajstić information content (AvgIpc) is 2.41. The van der Waals surface area contributed by atoms with E-state index in [2.05, 4.69) is 4.98 Å². The van der Waals surface area contributed by atoms with Crippen LogP contribution in [0.3, 0.4) is 0 Å². The van der Waals surface area contributed by atoms with E-state index >= 15 is 0 Å². The predicted octanol–water partition coefficient (Wildman–Crippen LogP) is 1.71. The number of rotatable bonds is 0. The smallest absolute Gasteiger partial charge is 0.165 e. The molecule has 2 aromatic rings. The summed E-state index contributed by atoms with van der Waals surface area (Å²) < 4.78 is 14.5. The molecule has 0 radical (unpaired) electrons. The molecule has 10 heavy (non-hydrogen) atoms. The Bertz CT molecular complexity index is 322. The summed E-state index contributed by atoms with van der Waals surface area (Å²) in [6, 6.07) is 1.44. The first-order valence-corrected chi connectivity index (χ1v) is 3.09. The van der Waals surface area contributed by atoms with Gasteiger partial charge in [-0.2, -0.15) is 0 Å². The molecule has 0 spiro atoms. The second kappa shape index (κ2) is 1.62. The quantitative estimate of drug-likeness (QED) is 0.572. The van der Waals surface area contributed by atoms with Crippen LogP contribution >= 0.6 is 0 Å². The molecule has 0 bridgehead atoms. The van der Waals surface area contributed by atoms with E-state index < -0.39 is 0 Å². The Hall–Kier alpha value is -1.25. The molecule has 1 N–H and O–H groups in total. The molecular formula is C7H7FN2. The summed E-state index contributed by atoms with van der Waals surface area (Å²) in [5, 5.41) is 0. The highest BCUT2D eigenvalue weighted by atomic mass is 19.1. The van der Waals surface area contributed by atoms with E-state index in [1.165, 1.54) is 6.07 Å². The van der Waals surface area contributed by atoms with Crippen molar-refractivity contribution in [3.8, 4) is 0 Å². The molecule has 3 heteroatoms. The van der Waals surface area contributed by atoms with E-state index in [1.807, 2.05) is 6.92 Å². The molecule has 2 aromatic heterocycles. The molecule has 0 aliphatic rings. The summed E-state index contributed by atoms with van der Waals surface area (Å²) in [7, 11) is 0.